The lowest BCUT2D eigenvalue weighted by molar-refractivity contribution is -0.119. The number of carbonyl (C=O) groups is 1. The van der Waals surface area contributed by atoms with Crippen molar-refractivity contribution >= 4 is 23.2 Å². The molecule has 1 N–H and O–H groups in total. The smallest absolute Gasteiger partial charge is 0.250 e. The topological polar surface area (TPSA) is 38.3 Å². The SMILES string of the molecule is COCC(=O)Nc1ccc(Cl)cc1. The summed E-state index contributed by atoms with van der Waals surface area (Å²) in [5, 5.41) is 3.29. The van der Waals surface area contributed by atoms with Gasteiger partial charge in [-0.05, 0) is 24.3 Å². The van der Waals surface area contributed by atoms with Crippen LogP contribution >= 0.6 is 11.6 Å². The summed E-state index contributed by atoms with van der Waals surface area (Å²) in [6.07, 6.45) is 0. The van der Waals surface area contributed by atoms with Crippen molar-refractivity contribution < 1.29 is 9.53 Å². The molecule has 0 fully saturated rings. The molecule has 0 saturated carbocycles. The molecule has 3 nitrogen and oxygen atoms in total. The van der Waals surface area contributed by atoms with E-state index in [1.165, 1.54) is 7.11 Å². The Morgan fingerprint density at radius 3 is 2.62 bits per heavy atom. The fourth-order valence-electron chi connectivity index (χ4n) is 0.861. The first-order chi connectivity index (χ1) is 6.22. The molecule has 0 aliphatic rings. The number of amides is 1. The summed E-state index contributed by atoms with van der Waals surface area (Å²) < 4.78 is 4.66. The molecule has 0 atom stereocenters. The van der Waals surface area contributed by atoms with Crippen LogP contribution in [0.5, 0.6) is 0 Å². The highest BCUT2D eigenvalue weighted by Gasteiger charge is 1.99. The van der Waals surface area contributed by atoms with Crippen LogP contribution in [0.15, 0.2) is 24.3 Å². The van der Waals surface area contributed by atoms with E-state index < -0.39 is 0 Å². The lowest BCUT2D eigenvalue weighted by atomic mass is 10.3. The van der Waals surface area contributed by atoms with Crippen LogP contribution in [-0.4, -0.2) is 19.6 Å². The minimum Gasteiger partial charge on any atom is -0.375 e. The number of carbonyl (C=O) groups excluding carboxylic acids is 1. The van der Waals surface area contributed by atoms with Crippen LogP contribution in [0.4, 0.5) is 5.69 Å². The lowest BCUT2D eigenvalue weighted by Gasteiger charge is -2.03. The second-order valence-corrected chi connectivity index (χ2v) is 2.92. The van der Waals surface area contributed by atoms with Crippen LogP contribution in [0.1, 0.15) is 0 Å². The van der Waals surface area contributed by atoms with Gasteiger partial charge in [-0.15, -0.1) is 0 Å². The number of anilines is 1. The van der Waals surface area contributed by atoms with Crippen LogP contribution in [0.25, 0.3) is 0 Å². The largest absolute Gasteiger partial charge is 0.375 e. The van der Waals surface area contributed by atoms with Gasteiger partial charge in [-0.2, -0.15) is 0 Å². The number of rotatable bonds is 3. The molecular weight excluding hydrogens is 190 g/mol. The van der Waals surface area contributed by atoms with Crippen LogP contribution in [0.3, 0.4) is 0 Å². The van der Waals surface area contributed by atoms with Gasteiger partial charge in [0.25, 0.3) is 0 Å². The zero-order valence-corrected chi connectivity index (χ0v) is 7.97. The Bertz CT molecular complexity index is 284. The van der Waals surface area contributed by atoms with Gasteiger partial charge in [-0.25, -0.2) is 0 Å². The fourth-order valence-corrected chi connectivity index (χ4v) is 0.987. The molecule has 1 aromatic carbocycles. The molecule has 70 valence electrons. The standard InChI is InChI=1S/C9H10ClNO2/c1-13-6-9(12)11-8-4-2-7(10)3-5-8/h2-5H,6H2,1H3,(H,11,12). The molecular formula is C9H10ClNO2. The molecule has 0 spiro atoms. The van der Waals surface area contributed by atoms with E-state index in [0.717, 1.165) is 0 Å². The second kappa shape index (κ2) is 4.84. The number of methoxy groups -OCH3 is 1. The van der Waals surface area contributed by atoms with E-state index in [4.69, 9.17) is 11.6 Å². The first-order valence-electron chi connectivity index (χ1n) is 3.76. The van der Waals surface area contributed by atoms with E-state index in [0.29, 0.717) is 10.7 Å². The van der Waals surface area contributed by atoms with Gasteiger partial charge in [0, 0.05) is 17.8 Å². The third-order valence-corrected chi connectivity index (χ3v) is 1.66. The summed E-state index contributed by atoms with van der Waals surface area (Å²) in [4.78, 5) is 11.0. The number of hydrogen-bond acceptors (Lipinski definition) is 2. The van der Waals surface area contributed by atoms with E-state index >= 15 is 0 Å². The van der Waals surface area contributed by atoms with Gasteiger partial charge in [0.2, 0.25) is 5.91 Å². The molecule has 0 heterocycles. The van der Waals surface area contributed by atoms with E-state index in [-0.39, 0.29) is 12.5 Å². The predicted molar refractivity (Wildman–Crippen MR) is 52.0 cm³/mol. The fraction of sp³-hybridized carbons (Fsp3) is 0.222. The molecule has 4 heteroatoms. The summed E-state index contributed by atoms with van der Waals surface area (Å²) in [5.74, 6) is -0.176. The van der Waals surface area contributed by atoms with Crippen molar-refractivity contribution in [3.8, 4) is 0 Å². The Morgan fingerprint density at radius 2 is 2.08 bits per heavy atom. The summed E-state index contributed by atoms with van der Waals surface area (Å²) in [6, 6.07) is 6.89. The summed E-state index contributed by atoms with van der Waals surface area (Å²) in [7, 11) is 1.47. The quantitative estimate of drug-likeness (QED) is 0.808. The zero-order valence-electron chi connectivity index (χ0n) is 7.21. The maximum atomic E-state index is 11.0. The average molecular weight is 200 g/mol. The van der Waals surface area contributed by atoms with Gasteiger partial charge < -0.3 is 10.1 Å². The molecule has 1 amide bonds. The molecule has 0 aromatic heterocycles. The highest BCUT2D eigenvalue weighted by atomic mass is 35.5. The van der Waals surface area contributed by atoms with Gasteiger partial charge in [0.1, 0.15) is 6.61 Å². The summed E-state index contributed by atoms with van der Waals surface area (Å²) in [6.45, 7) is 0.0582. The monoisotopic (exact) mass is 199 g/mol. The third kappa shape index (κ3) is 3.44. The first-order valence-corrected chi connectivity index (χ1v) is 4.14. The summed E-state index contributed by atoms with van der Waals surface area (Å²) >= 11 is 5.67. The first kappa shape index (κ1) is 10.0. The Hall–Kier alpha value is -1.06. The Balaban J connectivity index is 2.54. The van der Waals surface area contributed by atoms with Gasteiger partial charge in [0.05, 0.1) is 0 Å². The van der Waals surface area contributed by atoms with Crippen molar-refractivity contribution in [2.24, 2.45) is 0 Å². The molecule has 13 heavy (non-hydrogen) atoms. The second-order valence-electron chi connectivity index (χ2n) is 2.49. The van der Waals surface area contributed by atoms with E-state index in [2.05, 4.69) is 10.1 Å². The van der Waals surface area contributed by atoms with E-state index in [1.54, 1.807) is 24.3 Å². The normalized spacial score (nSPS) is 9.69. The van der Waals surface area contributed by atoms with Gasteiger partial charge in [0.15, 0.2) is 0 Å². The van der Waals surface area contributed by atoms with E-state index in [1.807, 2.05) is 0 Å². The molecule has 0 bridgehead atoms. The highest BCUT2D eigenvalue weighted by molar-refractivity contribution is 6.30. The molecule has 0 radical (unpaired) electrons. The minimum atomic E-state index is -0.176. The Labute approximate surface area is 81.7 Å². The lowest BCUT2D eigenvalue weighted by Crippen LogP contribution is -2.16. The van der Waals surface area contributed by atoms with E-state index in [9.17, 15) is 4.79 Å². The zero-order chi connectivity index (χ0) is 9.68. The third-order valence-electron chi connectivity index (χ3n) is 1.40. The molecule has 0 aliphatic carbocycles. The Morgan fingerprint density at radius 1 is 1.46 bits per heavy atom. The number of benzene rings is 1. The van der Waals surface area contributed by atoms with Crippen molar-refractivity contribution in [3.63, 3.8) is 0 Å². The molecule has 0 unspecified atom stereocenters. The van der Waals surface area contributed by atoms with Gasteiger partial charge in [-0.3, -0.25) is 4.79 Å². The van der Waals surface area contributed by atoms with Crippen LogP contribution < -0.4 is 5.32 Å². The predicted octanol–water partition coefficient (Wildman–Crippen LogP) is 1.92. The number of halogens is 1. The number of hydrogen-bond donors (Lipinski definition) is 1. The highest BCUT2D eigenvalue weighted by Crippen LogP contribution is 2.12. The van der Waals surface area contributed by atoms with Crippen LogP contribution in [0, 0.1) is 0 Å². The van der Waals surface area contributed by atoms with Crippen molar-refractivity contribution in [1.29, 1.82) is 0 Å². The Kier molecular flexibility index (Phi) is 3.73. The van der Waals surface area contributed by atoms with Crippen LogP contribution in [-0.2, 0) is 9.53 Å². The van der Waals surface area contributed by atoms with Crippen molar-refractivity contribution in [1.82, 2.24) is 0 Å². The van der Waals surface area contributed by atoms with Gasteiger partial charge >= 0.3 is 0 Å². The molecule has 1 aromatic rings. The van der Waals surface area contributed by atoms with Crippen LogP contribution in [0.2, 0.25) is 5.02 Å². The van der Waals surface area contributed by atoms with Gasteiger partial charge in [-0.1, -0.05) is 11.6 Å². The van der Waals surface area contributed by atoms with Crippen molar-refractivity contribution in [2.75, 3.05) is 19.0 Å². The number of ether oxygens (including phenoxy) is 1. The molecule has 1 rings (SSSR count). The van der Waals surface area contributed by atoms with Crippen molar-refractivity contribution in [2.45, 2.75) is 0 Å². The average Bonchev–Trinajstić information content (AvgIpc) is 2.09. The molecule has 0 aliphatic heterocycles. The maximum Gasteiger partial charge on any atom is 0.250 e. The maximum absolute atomic E-state index is 11.0. The summed E-state index contributed by atoms with van der Waals surface area (Å²) in [5.41, 5.74) is 0.714. The van der Waals surface area contributed by atoms with Crippen molar-refractivity contribution in [3.05, 3.63) is 29.3 Å². The molecule has 0 saturated heterocycles. The minimum absolute atomic E-state index is 0.0582. The number of nitrogens with one attached hydrogen (secondary N) is 1.